The first-order valence-electron chi connectivity index (χ1n) is 10.1. The summed E-state index contributed by atoms with van der Waals surface area (Å²) >= 11 is 0. The third-order valence-electron chi connectivity index (χ3n) is 4.84. The predicted octanol–water partition coefficient (Wildman–Crippen LogP) is 5.46. The van der Waals surface area contributed by atoms with Gasteiger partial charge < -0.3 is 4.74 Å². The molecule has 0 atom stereocenters. The summed E-state index contributed by atoms with van der Waals surface area (Å²) in [5.41, 5.74) is 11.5. The number of nitrogens with one attached hydrogen (secondary N) is 2. The summed E-state index contributed by atoms with van der Waals surface area (Å²) in [4.78, 5) is 12.2. The molecule has 1 amide bonds. The van der Waals surface area contributed by atoms with Crippen molar-refractivity contribution in [1.82, 2.24) is 10.9 Å². The molecule has 0 fully saturated rings. The number of amides is 1. The lowest BCUT2D eigenvalue weighted by molar-refractivity contribution is -0.123. The lowest BCUT2D eigenvalue weighted by Crippen LogP contribution is -2.39. The topological polar surface area (TPSA) is 50.4 Å². The highest BCUT2D eigenvalue weighted by Gasteiger charge is 2.10. The van der Waals surface area contributed by atoms with Crippen LogP contribution in [0, 0.1) is 6.92 Å². The Balaban J connectivity index is 1.53. The van der Waals surface area contributed by atoms with Crippen LogP contribution in [-0.2, 0) is 4.79 Å². The summed E-state index contributed by atoms with van der Waals surface area (Å²) < 4.78 is 5.76. The lowest BCUT2D eigenvalue weighted by atomic mass is 10.0. The zero-order chi connectivity index (χ0) is 21.5. The fraction of sp³-hybridized carbons (Fsp3) is 0.192. The molecule has 0 aromatic heterocycles. The average Bonchev–Trinajstić information content (AvgIpc) is 2.76. The van der Waals surface area contributed by atoms with E-state index in [0.717, 1.165) is 33.6 Å². The molecule has 4 nitrogen and oxygen atoms in total. The Morgan fingerprint density at radius 2 is 1.60 bits per heavy atom. The fourth-order valence-electron chi connectivity index (χ4n) is 3.13. The molecule has 0 aliphatic carbocycles. The third kappa shape index (κ3) is 5.51. The number of aryl methyl sites for hydroxylation is 1. The van der Waals surface area contributed by atoms with Crippen LogP contribution in [0.15, 0.2) is 79.4 Å². The van der Waals surface area contributed by atoms with E-state index < -0.39 is 0 Å². The van der Waals surface area contributed by atoms with Crippen molar-refractivity contribution in [3.63, 3.8) is 0 Å². The van der Waals surface area contributed by atoms with Crippen LogP contribution < -0.4 is 15.6 Å². The molecule has 0 aliphatic rings. The van der Waals surface area contributed by atoms with Gasteiger partial charge in [-0.3, -0.25) is 15.6 Å². The molecule has 0 bridgehead atoms. The molecule has 154 valence electrons. The minimum atomic E-state index is -0.270. The van der Waals surface area contributed by atoms with Crippen molar-refractivity contribution < 1.29 is 9.53 Å². The molecule has 0 unspecified atom stereocenters. The van der Waals surface area contributed by atoms with E-state index in [9.17, 15) is 4.79 Å². The number of benzene rings is 3. The van der Waals surface area contributed by atoms with Crippen LogP contribution in [0.4, 0.5) is 0 Å². The number of hydrazine groups is 1. The molecule has 3 rings (SSSR count). The monoisotopic (exact) mass is 400 g/mol. The maximum absolute atomic E-state index is 12.2. The maximum Gasteiger partial charge on any atom is 0.276 e. The van der Waals surface area contributed by atoms with Crippen LogP contribution in [0.3, 0.4) is 0 Å². The number of ether oxygens (including phenoxy) is 1. The number of hydrogen-bond acceptors (Lipinski definition) is 3. The first kappa shape index (κ1) is 21.2. The highest BCUT2D eigenvalue weighted by atomic mass is 16.5. The van der Waals surface area contributed by atoms with Crippen LogP contribution in [-0.4, -0.2) is 12.5 Å². The van der Waals surface area contributed by atoms with Gasteiger partial charge in [-0.25, -0.2) is 0 Å². The maximum atomic E-state index is 12.2. The fourth-order valence-corrected chi connectivity index (χ4v) is 3.13. The number of carbonyl (C=O) groups excluding carboxylic acids is 1. The van der Waals surface area contributed by atoms with Crippen molar-refractivity contribution in [3.05, 3.63) is 96.1 Å². The molecule has 0 saturated heterocycles. The molecule has 0 aliphatic heterocycles. The van der Waals surface area contributed by atoms with Crippen molar-refractivity contribution >= 4 is 11.6 Å². The molecular formula is C26H28N2O2. The van der Waals surface area contributed by atoms with Gasteiger partial charge in [0.15, 0.2) is 6.61 Å². The van der Waals surface area contributed by atoms with E-state index in [4.69, 9.17) is 4.74 Å². The normalized spacial score (nSPS) is 10.5. The summed E-state index contributed by atoms with van der Waals surface area (Å²) in [7, 11) is 0. The van der Waals surface area contributed by atoms with Crippen molar-refractivity contribution in [3.8, 4) is 16.9 Å². The van der Waals surface area contributed by atoms with E-state index in [0.29, 0.717) is 11.6 Å². The van der Waals surface area contributed by atoms with Crippen LogP contribution in [0.1, 0.15) is 36.5 Å². The predicted molar refractivity (Wildman–Crippen MR) is 123 cm³/mol. The van der Waals surface area contributed by atoms with Crippen molar-refractivity contribution in [2.24, 2.45) is 0 Å². The van der Waals surface area contributed by atoms with E-state index in [2.05, 4.69) is 49.5 Å². The van der Waals surface area contributed by atoms with Crippen molar-refractivity contribution in [1.29, 1.82) is 0 Å². The smallest absolute Gasteiger partial charge is 0.276 e. The lowest BCUT2D eigenvalue weighted by Gasteiger charge is -2.16. The highest BCUT2D eigenvalue weighted by Crippen LogP contribution is 2.27. The molecular weight excluding hydrogens is 372 g/mol. The summed E-state index contributed by atoms with van der Waals surface area (Å²) in [5, 5.41) is 0. The second kappa shape index (κ2) is 9.79. The summed E-state index contributed by atoms with van der Waals surface area (Å²) in [6.07, 6.45) is 0. The van der Waals surface area contributed by atoms with Gasteiger partial charge in [0, 0.05) is 0 Å². The Hall–Kier alpha value is -3.53. The summed E-state index contributed by atoms with van der Waals surface area (Å²) in [6.45, 7) is 10.1. The van der Waals surface area contributed by atoms with Gasteiger partial charge in [0.2, 0.25) is 0 Å². The van der Waals surface area contributed by atoms with Gasteiger partial charge in [-0.05, 0) is 46.7 Å². The van der Waals surface area contributed by atoms with Gasteiger partial charge in [0.25, 0.3) is 5.91 Å². The molecule has 0 saturated carbocycles. The Bertz CT molecular complexity index is 1010. The largest absolute Gasteiger partial charge is 0.483 e. The van der Waals surface area contributed by atoms with Gasteiger partial charge in [-0.2, -0.15) is 0 Å². The quantitative estimate of drug-likeness (QED) is 0.494. The molecule has 2 N–H and O–H groups in total. The van der Waals surface area contributed by atoms with Crippen LogP contribution in [0.2, 0.25) is 0 Å². The van der Waals surface area contributed by atoms with Crippen LogP contribution in [0.25, 0.3) is 16.8 Å². The minimum Gasteiger partial charge on any atom is -0.483 e. The Kier molecular flexibility index (Phi) is 6.91. The first-order valence-corrected chi connectivity index (χ1v) is 10.1. The number of hydrogen-bond donors (Lipinski definition) is 2. The number of carbonyl (C=O) groups is 1. The summed E-state index contributed by atoms with van der Waals surface area (Å²) in [6, 6.07) is 24.3. The van der Waals surface area contributed by atoms with E-state index in [1.54, 1.807) is 0 Å². The van der Waals surface area contributed by atoms with E-state index >= 15 is 0 Å². The van der Waals surface area contributed by atoms with Crippen LogP contribution in [0.5, 0.6) is 5.75 Å². The van der Waals surface area contributed by atoms with E-state index in [1.807, 2.05) is 61.5 Å². The van der Waals surface area contributed by atoms with E-state index in [1.165, 1.54) is 0 Å². The van der Waals surface area contributed by atoms with Gasteiger partial charge in [0.1, 0.15) is 5.75 Å². The average molecular weight is 401 g/mol. The SMILES string of the molecule is C=C(NNC(=O)COc1cc(C)ccc1C(C)C)c1ccc(-c2ccccc2)cc1. The molecule has 30 heavy (non-hydrogen) atoms. The minimum absolute atomic E-state index is 0.0730. The van der Waals surface area contributed by atoms with E-state index in [-0.39, 0.29) is 12.5 Å². The summed E-state index contributed by atoms with van der Waals surface area (Å²) in [5.74, 6) is 0.796. The first-order chi connectivity index (χ1) is 14.4. The standard InChI is InChI=1S/C26H28N2O2/c1-18(2)24-15-10-19(3)16-25(24)30-17-26(29)28-27-20(4)21-11-13-23(14-12-21)22-8-6-5-7-9-22/h5-16,18,27H,4,17H2,1-3H3,(H,28,29). The second-order valence-electron chi connectivity index (χ2n) is 7.58. The second-order valence-corrected chi connectivity index (χ2v) is 7.58. The number of rotatable bonds is 8. The molecule has 4 heteroatoms. The van der Waals surface area contributed by atoms with Gasteiger partial charge in [0.05, 0.1) is 5.70 Å². The molecule has 0 heterocycles. The van der Waals surface area contributed by atoms with Crippen LogP contribution >= 0.6 is 0 Å². The van der Waals surface area contributed by atoms with Gasteiger partial charge >= 0.3 is 0 Å². The molecule has 0 spiro atoms. The third-order valence-corrected chi connectivity index (χ3v) is 4.84. The molecule has 3 aromatic rings. The molecule has 0 radical (unpaired) electrons. The Morgan fingerprint density at radius 3 is 2.27 bits per heavy atom. The van der Waals surface area contributed by atoms with Crippen molar-refractivity contribution in [2.75, 3.05) is 6.61 Å². The zero-order valence-corrected chi connectivity index (χ0v) is 17.7. The van der Waals surface area contributed by atoms with Gasteiger partial charge in [-0.1, -0.05) is 87.2 Å². The Morgan fingerprint density at radius 1 is 0.933 bits per heavy atom. The Labute approximate surface area is 178 Å². The molecule has 3 aromatic carbocycles. The van der Waals surface area contributed by atoms with Crippen molar-refractivity contribution in [2.45, 2.75) is 26.7 Å². The zero-order valence-electron chi connectivity index (χ0n) is 17.7. The van der Waals surface area contributed by atoms with Gasteiger partial charge in [-0.15, -0.1) is 0 Å². The highest BCUT2D eigenvalue weighted by molar-refractivity contribution is 5.78.